The average molecular weight is 495 g/mol. The van der Waals surface area contributed by atoms with Gasteiger partial charge in [-0.1, -0.05) is 79.7 Å². The molecule has 5 rings (SSSR count). The fraction of sp³-hybridized carbons (Fsp3) is 0.233. The van der Waals surface area contributed by atoms with Crippen molar-refractivity contribution in [2.45, 2.75) is 46.6 Å². The standard InChI is InChI=1S/C30H30N4OS/c1-5-21-10-14-23(15-11-21)27-26(20(4)34(30(36)31-27)25-9-7-8-19(3)18-25)29-32-28(33-35-29)24-16-12-22(6-2)13-17-24/h7-18,27H,5-6H2,1-4H3,(H,31,36). The topological polar surface area (TPSA) is 54.2 Å². The maximum Gasteiger partial charge on any atom is 0.258 e. The molecule has 4 aromatic rings. The van der Waals surface area contributed by atoms with Crippen LogP contribution < -0.4 is 10.2 Å². The summed E-state index contributed by atoms with van der Waals surface area (Å²) in [6.45, 7) is 8.45. The fourth-order valence-electron chi connectivity index (χ4n) is 4.63. The molecule has 0 spiro atoms. The molecule has 0 amide bonds. The van der Waals surface area contributed by atoms with E-state index in [0.29, 0.717) is 16.8 Å². The minimum atomic E-state index is -0.208. The van der Waals surface area contributed by atoms with Crippen molar-refractivity contribution >= 4 is 28.6 Å². The molecule has 1 aliphatic heterocycles. The highest BCUT2D eigenvalue weighted by atomic mass is 32.1. The molecule has 1 aliphatic rings. The minimum Gasteiger partial charge on any atom is -0.351 e. The number of allylic oxidation sites excluding steroid dienone is 1. The maximum absolute atomic E-state index is 5.90. The molecule has 0 aliphatic carbocycles. The second kappa shape index (κ2) is 10.1. The van der Waals surface area contributed by atoms with Gasteiger partial charge in [0, 0.05) is 16.9 Å². The van der Waals surface area contributed by atoms with Crippen LogP contribution in [0.25, 0.3) is 17.0 Å². The molecule has 5 nitrogen and oxygen atoms in total. The van der Waals surface area contributed by atoms with Crippen molar-refractivity contribution in [3.63, 3.8) is 0 Å². The quantitative estimate of drug-likeness (QED) is 0.290. The predicted octanol–water partition coefficient (Wildman–Crippen LogP) is 7.04. The van der Waals surface area contributed by atoms with E-state index in [1.807, 2.05) is 18.2 Å². The Morgan fingerprint density at radius 3 is 2.22 bits per heavy atom. The zero-order chi connectivity index (χ0) is 25.2. The van der Waals surface area contributed by atoms with Crippen LogP contribution in [0.5, 0.6) is 0 Å². The first-order valence-electron chi connectivity index (χ1n) is 12.4. The molecule has 1 N–H and O–H groups in total. The Kier molecular flexibility index (Phi) is 6.70. The van der Waals surface area contributed by atoms with Gasteiger partial charge in [0.25, 0.3) is 5.89 Å². The normalized spacial score (nSPS) is 15.8. The second-order valence-corrected chi connectivity index (χ2v) is 9.51. The van der Waals surface area contributed by atoms with Crippen LogP contribution in [0.1, 0.15) is 55.0 Å². The van der Waals surface area contributed by atoms with Crippen LogP contribution in [0.3, 0.4) is 0 Å². The van der Waals surface area contributed by atoms with E-state index < -0.39 is 0 Å². The lowest BCUT2D eigenvalue weighted by molar-refractivity contribution is 0.404. The van der Waals surface area contributed by atoms with Crippen LogP contribution in [0.4, 0.5) is 5.69 Å². The zero-order valence-electron chi connectivity index (χ0n) is 21.1. The molecule has 3 aromatic carbocycles. The lowest BCUT2D eigenvalue weighted by atomic mass is 9.93. The fourth-order valence-corrected chi connectivity index (χ4v) is 4.99. The molecule has 0 radical (unpaired) electrons. The summed E-state index contributed by atoms with van der Waals surface area (Å²) < 4.78 is 5.90. The molecule has 2 heterocycles. The summed E-state index contributed by atoms with van der Waals surface area (Å²) in [5.41, 5.74) is 8.63. The molecule has 6 heteroatoms. The third-order valence-electron chi connectivity index (χ3n) is 6.74. The Bertz CT molecular complexity index is 1420. The summed E-state index contributed by atoms with van der Waals surface area (Å²) in [7, 11) is 0. The van der Waals surface area contributed by atoms with E-state index in [2.05, 4.69) is 97.7 Å². The Hall–Kier alpha value is -3.77. The number of nitrogens with zero attached hydrogens (tertiary/aromatic N) is 3. The summed E-state index contributed by atoms with van der Waals surface area (Å²) in [6.07, 6.45) is 1.98. The monoisotopic (exact) mass is 494 g/mol. The zero-order valence-corrected chi connectivity index (χ0v) is 21.9. The van der Waals surface area contributed by atoms with E-state index >= 15 is 0 Å². The Morgan fingerprint density at radius 1 is 0.917 bits per heavy atom. The molecule has 1 unspecified atom stereocenters. The van der Waals surface area contributed by atoms with Gasteiger partial charge in [-0.25, -0.2) is 0 Å². The number of anilines is 1. The lowest BCUT2D eigenvalue weighted by Crippen LogP contribution is -2.46. The minimum absolute atomic E-state index is 0.208. The van der Waals surface area contributed by atoms with E-state index in [1.165, 1.54) is 11.1 Å². The third-order valence-corrected chi connectivity index (χ3v) is 7.04. The van der Waals surface area contributed by atoms with Crippen LogP contribution in [0.2, 0.25) is 0 Å². The van der Waals surface area contributed by atoms with Crippen LogP contribution in [-0.2, 0) is 12.8 Å². The first kappa shape index (κ1) is 23.9. The van der Waals surface area contributed by atoms with Gasteiger partial charge in [-0.15, -0.1) is 0 Å². The smallest absolute Gasteiger partial charge is 0.258 e. The highest BCUT2D eigenvalue weighted by Crippen LogP contribution is 2.39. The third kappa shape index (κ3) is 4.56. The largest absolute Gasteiger partial charge is 0.351 e. The van der Waals surface area contributed by atoms with Gasteiger partial charge < -0.3 is 9.84 Å². The van der Waals surface area contributed by atoms with Gasteiger partial charge in [0.2, 0.25) is 5.82 Å². The molecule has 0 saturated carbocycles. The van der Waals surface area contributed by atoms with Crippen molar-refractivity contribution in [2.24, 2.45) is 0 Å². The van der Waals surface area contributed by atoms with E-state index in [9.17, 15) is 0 Å². The molecule has 1 atom stereocenters. The SMILES string of the molecule is CCc1ccc(-c2noc(C3=C(C)N(c4cccc(C)c4)C(=S)NC3c3ccc(CC)cc3)n2)cc1. The molecule has 0 saturated heterocycles. The lowest BCUT2D eigenvalue weighted by Gasteiger charge is -2.37. The number of thiocarbonyl (C=S) groups is 1. The molecule has 182 valence electrons. The van der Waals surface area contributed by atoms with E-state index in [1.54, 1.807) is 0 Å². The van der Waals surface area contributed by atoms with Gasteiger partial charge in [0.05, 0.1) is 11.6 Å². The number of hydrogen-bond acceptors (Lipinski definition) is 4. The van der Waals surface area contributed by atoms with Crippen LogP contribution >= 0.6 is 12.2 Å². The van der Waals surface area contributed by atoms with Crippen LogP contribution in [0.15, 0.2) is 83.0 Å². The first-order valence-corrected chi connectivity index (χ1v) is 12.8. The first-order chi connectivity index (χ1) is 17.5. The predicted molar refractivity (Wildman–Crippen MR) is 150 cm³/mol. The maximum atomic E-state index is 5.90. The van der Waals surface area contributed by atoms with E-state index in [4.69, 9.17) is 21.7 Å². The van der Waals surface area contributed by atoms with E-state index in [0.717, 1.165) is 46.5 Å². The van der Waals surface area contributed by atoms with Crippen molar-refractivity contribution in [3.8, 4) is 11.4 Å². The summed E-state index contributed by atoms with van der Waals surface area (Å²) in [5.74, 6) is 1.06. The van der Waals surface area contributed by atoms with Crippen molar-refractivity contribution in [3.05, 3.63) is 107 Å². The van der Waals surface area contributed by atoms with Gasteiger partial charge >= 0.3 is 0 Å². The average Bonchev–Trinajstić information content (AvgIpc) is 3.38. The van der Waals surface area contributed by atoms with Gasteiger partial charge in [0.15, 0.2) is 5.11 Å². The Morgan fingerprint density at radius 2 is 1.58 bits per heavy atom. The molecular weight excluding hydrogens is 464 g/mol. The molecule has 36 heavy (non-hydrogen) atoms. The Labute approximate surface area is 217 Å². The summed E-state index contributed by atoms with van der Waals surface area (Å²) in [5, 5.41) is 8.53. The Balaban J connectivity index is 1.62. The number of benzene rings is 3. The van der Waals surface area contributed by atoms with Crippen molar-refractivity contribution in [1.82, 2.24) is 15.5 Å². The number of hydrogen-bond donors (Lipinski definition) is 1. The molecule has 0 fully saturated rings. The van der Waals surface area contributed by atoms with Crippen LogP contribution in [0, 0.1) is 6.92 Å². The van der Waals surface area contributed by atoms with Crippen molar-refractivity contribution in [2.75, 3.05) is 4.90 Å². The van der Waals surface area contributed by atoms with Gasteiger partial charge in [-0.2, -0.15) is 4.98 Å². The molecule has 0 bridgehead atoms. The van der Waals surface area contributed by atoms with Crippen molar-refractivity contribution in [1.29, 1.82) is 0 Å². The second-order valence-electron chi connectivity index (χ2n) is 9.12. The highest BCUT2D eigenvalue weighted by molar-refractivity contribution is 7.80. The number of nitrogens with one attached hydrogen (secondary N) is 1. The van der Waals surface area contributed by atoms with Crippen molar-refractivity contribution < 1.29 is 4.52 Å². The van der Waals surface area contributed by atoms with Gasteiger partial charge in [-0.05, 0) is 73.3 Å². The number of rotatable bonds is 6. The summed E-state index contributed by atoms with van der Waals surface area (Å²) >= 11 is 5.88. The summed E-state index contributed by atoms with van der Waals surface area (Å²) in [6, 6.07) is 25.0. The number of aromatic nitrogens is 2. The van der Waals surface area contributed by atoms with Crippen LogP contribution in [-0.4, -0.2) is 15.3 Å². The van der Waals surface area contributed by atoms with E-state index in [-0.39, 0.29) is 6.04 Å². The van der Waals surface area contributed by atoms with Gasteiger partial charge in [0.1, 0.15) is 0 Å². The molecular formula is C30H30N4OS. The highest BCUT2D eigenvalue weighted by Gasteiger charge is 2.34. The van der Waals surface area contributed by atoms with Gasteiger partial charge in [-0.3, -0.25) is 4.90 Å². The number of aryl methyl sites for hydroxylation is 3. The summed E-state index contributed by atoms with van der Waals surface area (Å²) in [4.78, 5) is 6.89. The molecule has 1 aromatic heterocycles.